The Morgan fingerprint density at radius 2 is 1.94 bits per heavy atom. The lowest BCUT2D eigenvalue weighted by atomic mass is 9.95. The van der Waals surface area contributed by atoms with Crippen LogP contribution in [0.3, 0.4) is 0 Å². The molecule has 1 unspecified atom stereocenters. The molecule has 5 rings (SSSR count). The number of halogens is 1. The summed E-state index contributed by atoms with van der Waals surface area (Å²) in [5, 5.41) is 12.7. The normalized spacial score (nSPS) is 17.6. The van der Waals surface area contributed by atoms with Crippen LogP contribution in [0.25, 0.3) is 16.7 Å². The highest BCUT2D eigenvalue weighted by Gasteiger charge is 2.45. The molecule has 1 aliphatic rings. The molecule has 3 heterocycles. The summed E-state index contributed by atoms with van der Waals surface area (Å²) in [4.78, 5) is 35.1. The van der Waals surface area contributed by atoms with Crippen molar-refractivity contribution in [2.75, 3.05) is 6.54 Å². The molecule has 1 amide bonds. The fraction of sp³-hybridized carbons (Fsp3) is 0.148. The van der Waals surface area contributed by atoms with Crippen molar-refractivity contribution in [2.45, 2.75) is 19.4 Å². The van der Waals surface area contributed by atoms with Gasteiger partial charge in [0.2, 0.25) is 0 Å². The van der Waals surface area contributed by atoms with Crippen LogP contribution >= 0.6 is 11.6 Å². The molecule has 0 bridgehead atoms. The summed E-state index contributed by atoms with van der Waals surface area (Å²) in [6, 6.07) is 15.9. The lowest BCUT2D eigenvalue weighted by Crippen LogP contribution is -2.31. The minimum atomic E-state index is -0.697. The van der Waals surface area contributed by atoms with Crippen LogP contribution in [0, 0.1) is 6.92 Å². The Bertz CT molecular complexity index is 1420. The Labute approximate surface area is 201 Å². The standard InChI is InChI=1S/C27H22ClN3O3/c1-16-4-6-17(7-5-16)24-23(25(32)19-3-2-11-29-14-19)26(33)27(34)31(24)12-10-18-15-30-22-13-20(28)8-9-21(18)22/h2-9,11,13-15,24,30,32H,10,12H2,1H3/b25-23+. The third kappa shape index (κ3) is 3.86. The van der Waals surface area contributed by atoms with Crippen LogP contribution in [0.2, 0.25) is 5.02 Å². The quantitative estimate of drug-likeness (QED) is 0.238. The number of pyridine rings is 1. The minimum absolute atomic E-state index is 0.0764. The Hall–Kier alpha value is -3.90. The number of aliphatic hydroxyl groups is 1. The first-order valence-corrected chi connectivity index (χ1v) is 11.3. The summed E-state index contributed by atoms with van der Waals surface area (Å²) < 4.78 is 0. The van der Waals surface area contributed by atoms with E-state index in [1.54, 1.807) is 23.2 Å². The molecule has 7 heteroatoms. The van der Waals surface area contributed by atoms with Gasteiger partial charge in [0, 0.05) is 46.6 Å². The van der Waals surface area contributed by atoms with Crippen LogP contribution in [-0.4, -0.2) is 38.2 Å². The number of rotatable bonds is 5. The second-order valence-electron chi connectivity index (χ2n) is 8.40. The van der Waals surface area contributed by atoms with Crippen molar-refractivity contribution in [3.63, 3.8) is 0 Å². The largest absolute Gasteiger partial charge is 0.507 e. The fourth-order valence-electron chi connectivity index (χ4n) is 4.47. The first-order chi connectivity index (χ1) is 16.4. The number of aliphatic hydroxyl groups excluding tert-OH is 1. The summed E-state index contributed by atoms with van der Waals surface area (Å²) in [6.07, 6.45) is 5.49. The highest BCUT2D eigenvalue weighted by atomic mass is 35.5. The van der Waals surface area contributed by atoms with Crippen molar-refractivity contribution in [3.05, 3.63) is 106 Å². The van der Waals surface area contributed by atoms with Gasteiger partial charge in [0.1, 0.15) is 5.76 Å². The maximum atomic E-state index is 13.2. The number of Topliss-reactive ketones (excluding diaryl/α,β-unsaturated/α-hetero) is 1. The fourth-order valence-corrected chi connectivity index (χ4v) is 4.64. The zero-order chi connectivity index (χ0) is 23.8. The van der Waals surface area contributed by atoms with Gasteiger partial charge in [-0.15, -0.1) is 0 Å². The molecule has 1 aliphatic heterocycles. The number of likely N-dealkylation sites (tertiary alicyclic amines) is 1. The topological polar surface area (TPSA) is 86.3 Å². The van der Waals surface area contributed by atoms with Crippen LogP contribution in [0.4, 0.5) is 0 Å². The van der Waals surface area contributed by atoms with Crippen molar-refractivity contribution >= 4 is 40.0 Å². The number of benzene rings is 2. The number of hydrogen-bond acceptors (Lipinski definition) is 4. The molecule has 0 spiro atoms. The lowest BCUT2D eigenvalue weighted by Gasteiger charge is -2.25. The number of H-pyrrole nitrogens is 1. The van der Waals surface area contributed by atoms with Gasteiger partial charge >= 0.3 is 0 Å². The predicted octanol–water partition coefficient (Wildman–Crippen LogP) is 5.19. The van der Waals surface area contributed by atoms with E-state index in [-0.39, 0.29) is 11.3 Å². The molecule has 6 nitrogen and oxygen atoms in total. The number of fused-ring (bicyclic) bond motifs is 1. The molecule has 0 aliphatic carbocycles. The average Bonchev–Trinajstić information content (AvgIpc) is 3.36. The smallest absolute Gasteiger partial charge is 0.295 e. The number of nitrogens with zero attached hydrogens (tertiary/aromatic N) is 2. The van der Waals surface area contributed by atoms with Gasteiger partial charge < -0.3 is 15.0 Å². The summed E-state index contributed by atoms with van der Waals surface area (Å²) in [6.45, 7) is 2.28. The van der Waals surface area contributed by atoms with Gasteiger partial charge in [0.15, 0.2) is 0 Å². The van der Waals surface area contributed by atoms with E-state index in [0.717, 1.165) is 27.6 Å². The van der Waals surface area contributed by atoms with Gasteiger partial charge in [0.25, 0.3) is 11.7 Å². The van der Waals surface area contributed by atoms with Crippen molar-refractivity contribution in [1.29, 1.82) is 0 Å². The van der Waals surface area contributed by atoms with E-state index in [1.165, 1.54) is 6.20 Å². The molecule has 1 atom stereocenters. The number of ketones is 1. The molecule has 0 saturated carbocycles. The van der Waals surface area contributed by atoms with Gasteiger partial charge in [-0.2, -0.15) is 0 Å². The first kappa shape index (κ1) is 21.9. The van der Waals surface area contributed by atoms with Gasteiger partial charge in [-0.1, -0.05) is 47.5 Å². The zero-order valence-electron chi connectivity index (χ0n) is 18.5. The molecule has 4 aromatic rings. The molecule has 0 radical (unpaired) electrons. The first-order valence-electron chi connectivity index (χ1n) is 10.9. The van der Waals surface area contributed by atoms with Crippen LogP contribution in [0.5, 0.6) is 0 Å². The van der Waals surface area contributed by atoms with E-state index in [4.69, 9.17) is 11.6 Å². The molecule has 2 N–H and O–H groups in total. The summed E-state index contributed by atoms with van der Waals surface area (Å²) in [5.41, 5.74) is 4.23. The van der Waals surface area contributed by atoms with E-state index >= 15 is 0 Å². The third-order valence-corrected chi connectivity index (χ3v) is 6.45. The van der Waals surface area contributed by atoms with Crippen LogP contribution in [-0.2, 0) is 16.0 Å². The van der Waals surface area contributed by atoms with Crippen LogP contribution < -0.4 is 0 Å². The monoisotopic (exact) mass is 471 g/mol. The second-order valence-corrected chi connectivity index (χ2v) is 8.84. The Balaban J connectivity index is 1.55. The summed E-state index contributed by atoms with van der Waals surface area (Å²) in [7, 11) is 0. The van der Waals surface area contributed by atoms with Crippen LogP contribution in [0.15, 0.2) is 78.8 Å². The average molecular weight is 472 g/mol. The minimum Gasteiger partial charge on any atom is -0.507 e. The molecule has 34 heavy (non-hydrogen) atoms. The number of carbonyl (C=O) groups is 2. The van der Waals surface area contributed by atoms with E-state index < -0.39 is 17.7 Å². The van der Waals surface area contributed by atoms with Gasteiger partial charge in [0.05, 0.1) is 11.6 Å². The Morgan fingerprint density at radius 1 is 1.15 bits per heavy atom. The summed E-state index contributed by atoms with van der Waals surface area (Å²) >= 11 is 6.09. The van der Waals surface area contributed by atoms with E-state index in [1.807, 2.05) is 55.6 Å². The number of aromatic amines is 1. The Kier molecular flexibility index (Phi) is 5.67. The lowest BCUT2D eigenvalue weighted by molar-refractivity contribution is -0.139. The number of aromatic nitrogens is 2. The highest BCUT2D eigenvalue weighted by Crippen LogP contribution is 2.39. The van der Waals surface area contributed by atoms with Gasteiger partial charge in [-0.3, -0.25) is 14.6 Å². The van der Waals surface area contributed by atoms with Crippen molar-refractivity contribution < 1.29 is 14.7 Å². The number of amides is 1. The molecule has 1 saturated heterocycles. The Morgan fingerprint density at radius 3 is 2.68 bits per heavy atom. The molecule has 1 fully saturated rings. The third-order valence-electron chi connectivity index (χ3n) is 6.22. The van der Waals surface area contributed by atoms with E-state index in [9.17, 15) is 14.7 Å². The number of hydrogen-bond donors (Lipinski definition) is 2. The van der Waals surface area contributed by atoms with Crippen molar-refractivity contribution in [2.24, 2.45) is 0 Å². The number of carbonyl (C=O) groups excluding carboxylic acids is 2. The molecular weight excluding hydrogens is 450 g/mol. The maximum Gasteiger partial charge on any atom is 0.295 e. The molecule has 2 aromatic heterocycles. The highest BCUT2D eigenvalue weighted by molar-refractivity contribution is 6.46. The van der Waals surface area contributed by atoms with Crippen LogP contribution in [0.1, 0.15) is 28.3 Å². The van der Waals surface area contributed by atoms with E-state index in [0.29, 0.717) is 23.6 Å². The molecule has 170 valence electrons. The van der Waals surface area contributed by atoms with Gasteiger partial charge in [-0.25, -0.2) is 0 Å². The predicted molar refractivity (Wildman–Crippen MR) is 131 cm³/mol. The summed E-state index contributed by atoms with van der Waals surface area (Å²) in [5.74, 6) is -1.54. The second kappa shape index (κ2) is 8.80. The SMILES string of the molecule is Cc1ccc(C2/C(=C(\O)c3cccnc3)C(=O)C(=O)N2CCc2c[nH]c3cc(Cl)ccc23)cc1. The number of aryl methyl sites for hydroxylation is 1. The number of nitrogens with one attached hydrogen (secondary N) is 1. The molecular formula is C27H22ClN3O3. The van der Waals surface area contributed by atoms with Crippen molar-refractivity contribution in [3.8, 4) is 0 Å². The van der Waals surface area contributed by atoms with Gasteiger partial charge in [-0.05, 0) is 48.7 Å². The maximum absolute atomic E-state index is 13.2. The zero-order valence-corrected chi connectivity index (χ0v) is 19.2. The van der Waals surface area contributed by atoms with E-state index in [2.05, 4.69) is 9.97 Å². The van der Waals surface area contributed by atoms with Crippen molar-refractivity contribution in [1.82, 2.24) is 14.9 Å². The molecule has 2 aromatic carbocycles.